The molecule has 1 aromatic rings. The van der Waals surface area contributed by atoms with E-state index < -0.39 is 35.8 Å². The van der Waals surface area contributed by atoms with Crippen molar-refractivity contribution in [3.8, 4) is 0 Å². The first kappa shape index (κ1) is 35.0. The topological polar surface area (TPSA) is 122 Å². The molecule has 43 heavy (non-hydrogen) atoms. The molecule has 0 saturated heterocycles. The van der Waals surface area contributed by atoms with E-state index in [1.807, 2.05) is 38.1 Å². The summed E-state index contributed by atoms with van der Waals surface area (Å²) >= 11 is 0. The molecule has 8 heteroatoms. The van der Waals surface area contributed by atoms with Gasteiger partial charge in [0.1, 0.15) is 12.1 Å². The fourth-order valence-corrected chi connectivity index (χ4v) is 5.29. The van der Waals surface area contributed by atoms with E-state index in [2.05, 4.69) is 43.6 Å². The molecule has 1 aromatic carbocycles. The molecule has 0 fully saturated rings. The van der Waals surface area contributed by atoms with Crippen LogP contribution in [-0.2, 0) is 30.3 Å². The molecule has 3 atom stereocenters. The van der Waals surface area contributed by atoms with Crippen LogP contribution in [0.2, 0.25) is 0 Å². The highest BCUT2D eigenvalue weighted by Gasteiger charge is 2.35. The number of ether oxygens (including phenoxy) is 1. The van der Waals surface area contributed by atoms with Crippen LogP contribution in [-0.4, -0.2) is 48.6 Å². The van der Waals surface area contributed by atoms with Gasteiger partial charge >= 0.3 is 11.9 Å². The van der Waals surface area contributed by atoms with Crippen molar-refractivity contribution >= 4 is 24.3 Å². The van der Waals surface area contributed by atoms with Crippen LogP contribution in [0.3, 0.4) is 0 Å². The number of carboxylic acid groups (broad SMARTS) is 1. The molecule has 3 N–H and O–H groups in total. The highest BCUT2D eigenvalue weighted by molar-refractivity contribution is 5.92. The molecule has 2 rings (SSSR count). The minimum atomic E-state index is -1.40. The van der Waals surface area contributed by atoms with Gasteiger partial charge in [-0.3, -0.25) is 14.4 Å². The lowest BCUT2D eigenvalue weighted by Gasteiger charge is -2.32. The lowest BCUT2D eigenvalue weighted by Crippen LogP contribution is -2.55. The number of nitrogens with one attached hydrogen (secondary N) is 2. The van der Waals surface area contributed by atoms with Gasteiger partial charge in [0.25, 0.3) is 0 Å². The van der Waals surface area contributed by atoms with Gasteiger partial charge in [0.15, 0.2) is 0 Å². The van der Waals surface area contributed by atoms with Crippen molar-refractivity contribution in [3.05, 3.63) is 94.6 Å². The molecule has 232 valence electrons. The Morgan fingerprint density at radius 1 is 1.09 bits per heavy atom. The van der Waals surface area contributed by atoms with E-state index in [1.165, 1.54) is 31.1 Å². The second-order valence-electron chi connectivity index (χ2n) is 11.7. The lowest BCUT2D eigenvalue weighted by atomic mass is 9.72. The maximum absolute atomic E-state index is 13.2. The molecular weight excluding hydrogens is 544 g/mol. The lowest BCUT2D eigenvalue weighted by molar-refractivity contribution is -0.147. The Bertz CT molecular complexity index is 1290. The average molecular weight is 591 g/mol. The summed E-state index contributed by atoms with van der Waals surface area (Å²) in [4.78, 5) is 49.1. The highest BCUT2D eigenvalue weighted by Crippen LogP contribution is 2.40. The van der Waals surface area contributed by atoms with Gasteiger partial charge < -0.3 is 20.5 Å². The summed E-state index contributed by atoms with van der Waals surface area (Å²) in [5, 5.41) is 14.8. The van der Waals surface area contributed by atoms with E-state index in [4.69, 9.17) is 4.74 Å². The molecule has 0 aliphatic heterocycles. The molecule has 0 saturated carbocycles. The van der Waals surface area contributed by atoms with Gasteiger partial charge in [-0.2, -0.15) is 0 Å². The zero-order valence-electron chi connectivity index (χ0n) is 26.2. The number of benzene rings is 1. The second kappa shape index (κ2) is 17.0. The van der Waals surface area contributed by atoms with Gasteiger partial charge in [-0.25, -0.2) is 4.79 Å². The Morgan fingerprint density at radius 2 is 1.79 bits per heavy atom. The van der Waals surface area contributed by atoms with Crippen LogP contribution in [0.4, 0.5) is 0 Å². The third-order valence-corrected chi connectivity index (χ3v) is 7.80. The number of carbonyl (C=O) groups excluding carboxylic acids is 3. The van der Waals surface area contributed by atoms with Crippen LogP contribution in [0.5, 0.6) is 0 Å². The Balaban J connectivity index is 2.13. The third kappa shape index (κ3) is 11.2. The Labute approximate surface area is 255 Å². The molecule has 0 bridgehead atoms. The SMILES string of the molecule is COC(=O)C(Cc1ccccc1)NC(=O)[C@@H](NC=O)C(C/C=C(C)/C=C/C=C(C)/C=C/C1=C(C)CCCC1(C)C)C(=O)O. The highest BCUT2D eigenvalue weighted by atomic mass is 16.5. The van der Waals surface area contributed by atoms with Crippen molar-refractivity contribution in [1.82, 2.24) is 10.6 Å². The van der Waals surface area contributed by atoms with E-state index in [-0.39, 0.29) is 24.7 Å². The number of amides is 2. The van der Waals surface area contributed by atoms with Gasteiger partial charge in [-0.15, -0.1) is 0 Å². The number of carboxylic acids is 1. The van der Waals surface area contributed by atoms with E-state index >= 15 is 0 Å². The number of hydrogen-bond donors (Lipinski definition) is 3. The smallest absolute Gasteiger partial charge is 0.328 e. The van der Waals surface area contributed by atoms with E-state index in [0.29, 0.717) is 0 Å². The van der Waals surface area contributed by atoms with Crippen molar-refractivity contribution in [2.24, 2.45) is 11.3 Å². The normalized spacial score (nSPS) is 17.8. The summed E-state index contributed by atoms with van der Waals surface area (Å²) in [6.45, 7) is 10.6. The Hall–Kier alpha value is -4.20. The number of allylic oxidation sites excluding steroid dienone is 10. The number of methoxy groups -OCH3 is 1. The van der Waals surface area contributed by atoms with Gasteiger partial charge in [-0.05, 0) is 63.0 Å². The fraction of sp³-hybridized carbons (Fsp3) is 0.429. The molecular formula is C35H46N2O6. The number of hydrogen-bond acceptors (Lipinski definition) is 5. The largest absolute Gasteiger partial charge is 0.481 e. The molecule has 0 radical (unpaired) electrons. The maximum Gasteiger partial charge on any atom is 0.328 e. The zero-order valence-corrected chi connectivity index (χ0v) is 26.2. The summed E-state index contributed by atoms with van der Waals surface area (Å²) in [5.41, 5.74) is 5.67. The average Bonchev–Trinajstić information content (AvgIpc) is 2.95. The van der Waals surface area contributed by atoms with Crippen molar-refractivity contribution in [2.75, 3.05) is 7.11 Å². The number of esters is 1. The molecule has 2 unspecified atom stereocenters. The minimum absolute atomic E-state index is 0.0167. The molecule has 0 aromatic heterocycles. The number of rotatable bonds is 15. The van der Waals surface area contributed by atoms with Gasteiger partial charge in [0.2, 0.25) is 12.3 Å². The molecule has 1 aliphatic rings. The molecule has 8 nitrogen and oxygen atoms in total. The predicted octanol–water partition coefficient (Wildman–Crippen LogP) is 5.62. The van der Waals surface area contributed by atoms with E-state index in [1.54, 1.807) is 30.3 Å². The summed E-state index contributed by atoms with van der Waals surface area (Å²) in [7, 11) is 1.21. The van der Waals surface area contributed by atoms with Crippen LogP contribution in [0.25, 0.3) is 0 Å². The summed E-state index contributed by atoms with van der Waals surface area (Å²) in [6, 6.07) is 6.57. The van der Waals surface area contributed by atoms with Crippen LogP contribution >= 0.6 is 0 Å². The Morgan fingerprint density at radius 3 is 2.40 bits per heavy atom. The Kier molecular flexibility index (Phi) is 13.9. The quantitative estimate of drug-likeness (QED) is 0.138. The van der Waals surface area contributed by atoms with Crippen molar-refractivity contribution in [3.63, 3.8) is 0 Å². The van der Waals surface area contributed by atoms with Gasteiger partial charge in [0.05, 0.1) is 13.0 Å². The first-order valence-electron chi connectivity index (χ1n) is 14.6. The summed E-state index contributed by atoms with van der Waals surface area (Å²) < 4.78 is 4.84. The molecule has 1 aliphatic carbocycles. The van der Waals surface area contributed by atoms with Crippen LogP contribution in [0, 0.1) is 11.3 Å². The van der Waals surface area contributed by atoms with Crippen LogP contribution in [0.1, 0.15) is 65.9 Å². The third-order valence-electron chi connectivity index (χ3n) is 7.80. The van der Waals surface area contributed by atoms with Crippen molar-refractivity contribution in [1.29, 1.82) is 0 Å². The summed E-state index contributed by atoms with van der Waals surface area (Å²) in [5.74, 6) is -3.98. The monoisotopic (exact) mass is 590 g/mol. The fourth-order valence-electron chi connectivity index (χ4n) is 5.29. The molecule has 2 amide bonds. The predicted molar refractivity (Wildman–Crippen MR) is 169 cm³/mol. The molecule has 0 heterocycles. The first-order chi connectivity index (χ1) is 20.4. The van der Waals surface area contributed by atoms with Crippen molar-refractivity contribution < 1.29 is 29.0 Å². The number of carbonyl (C=O) groups is 4. The minimum Gasteiger partial charge on any atom is -0.481 e. The van der Waals surface area contributed by atoms with Crippen LogP contribution in [0.15, 0.2) is 89.1 Å². The van der Waals surface area contributed by atoms with Gasteiger partial charge in [-0.1, -0.05) is 97.4 Å². The van der Waals surface area contributed by atoms with Gasteiger partial charge in [0, 0.05) is 6.42 Å². The van der Waals surface area contributed by atoms with E-state index in [9.17, 15) is 24.3 Å². The first-order valence-corrected chi connectivity index (χ1v) is 14.6. The zero-order chi connectivity index (χ0) is 32.0. The molecule has 0 spiro atoms. The standard InChI is InChI=1S/C35H46N2O6/c1-24(12-10-13-25(2)18-20-29-26(3)14-11-21-35(29,4)5)17-19-28(33(40)41)31(36-23-38)32(39)37-30(34(42)43-6)22-27-15-8-7-9-16-27/h7-10,12-13,15-18,20,23,28,30-31H,11,14,19,21-22H2,1-6H3,(H,36,38)(H,37,39)(H,40,41)/b12-10+,20-18+,24-17+,25-13+/t28?,30?,31-/m0/s1. The van der Waals surface area contributed by atoms with E-state index in [0.717, 1.165) is 23.1 Å². The summed E-state index contributed by atoms with van der Waals surface area (Å²) in [6.07, 6.45) is 15.7. The van der Waals surface area contributed by atoms with Crippen LogP contribution < -0.4 is 10.6 Å². The van der Waals surface area contributed by atoms with Crippen molar-refractivity contribution in [2.45, 2.75) is 78.8 Å². The second-order valence-corrected chi connectivity index (χ2v) is 11.7. The maximum atomic E-state index is 13.2. The number of aliphatic carboxylic acids is 1.